The van der Waals surface area contributed by atoms with Crippen molar-refractivity contribution in [3.8, 4) is 5.75 Å². The van der Waals surface area contributed by atoms with Crippen LogP contribution in [0.2, 0.25) is 0 Å². The highest BCUT2D eigenvalue weighted by Crippen LogP contribution is 2.24. The van der Waals surface area contributed by atoms with Crippen molar-refractivity contribution in [1.82, 2.24) is 0 Å². The van der Waals surface area contributed by atoms with E-state index in [1.807, 2.05) is 0 Å². The third-order valence-electron chi connectivity index (χ3n) is 1.89. The predicted octanol–water partition coefficient (Wildman–Crippen LogP) is 2.98. The lowest BCUT2D eigenvalue weighted by atomic mass is 10.1. The first-order valence-corrected chi connectivity index (χ1v) is 5.02. The second-order valence-electron chi connectivity index (χ2n) is 3.14. The van der Waals surface area contributed by atoms with Crippen molar-refractivity contribution < 1.29 is 9.13 Å². The number of hydrogen-bond acceptors (Lipinski definition) is 2. The summed E-state index contributed by atoms with van der Waals surface area (Å²) in [7, 11) is 0. The van der Waals surface area contributed by atoms with Crippen molar-refractivity contribution in [1.29, 1.82) is 0 Å². The van der Waals surface area contributed by atoms with E-state index in [1.165, 1.54) is 17.7 Å². The molecule has 15 heavy (non-hydrogen) atoms. The van der Waals surface area contributed by atoms with Gasteiger partial charge < -0.3 is 10.5 Å². The summed E-state index contributed by atoms with van der Waals surface area (Å²) < 4.78 is 18.3. The molecule has 4 heteroatoms. The van der Waals surface area contributed by atoms with Gasteiger partial charge in [-0.05, 0) is 31.2 Å². The predicted molar refractivity (Wildman–Crippen MR) is 59.5 cm³/mol. The average molecular weight is 230 g/mol. The van der Waals surface area contributed by atoms with Crippen molar-refractivity contribution in [2.75, 3.05) is 6.61 Å². The van der Waals surface area contributed by atoms with E-state index in [0.717, 1.165) is 0 Å². The normalized spacial score (nSPS) is 13.1. The van der Waals surface area contributed by atoms with Gasteiger partial charge in [-0.25, -0.2) is 4.39 Å². The Bertz CT molecular complexity index is 352. The molecule has 0 aromatic heterocycles. The quantitative estimate of drug-likeness (QED) is 0.862. The molecule has 0 spiro atoms. The van der Waals surface area contributed by atoms with Crippen LogP contribution in [0.3, 0.4) is 0 Å². The molecule has 82 valence electrons. The van der Waals surface area contributed by atoms with Crippen LogP contribution >= 0.6 is 11.6 Å². The van der Waals surface area contributed by atoms with Crippen LogP contribution in [0.25, 0.3) is 0 Å². The van der Waals surface area contributed by atoms with Crippen LogP contribution < -0.4 is 10.5 Å². The van der Waals surface area contributed by atoms with Gasteiger partial charge in [-0.2, -0.15) is 0 Å². The van der Waals surface area contributed by atoms with Gasteiger partial charge in [0.2, 0.25) is 0 Å². The summed E-state index contributed by atoms with van der Waals surface area (Å²) in [5, 5.41) is 0. The first kappa shape index (κ1) is 12.0. The molecule has 0 aliphatic heterocycles. The molecule has 0 saturated carbocycles. The largest absolute Gasteiger partial charge is 0.489 e. The van der Waals surface area contributed by atoms with Crippen molar-refractivity contribution in [3.63, 3.8) is 0 Å². The maximum absolute atomic E-state index is 12.9. The molecule has 0 fully saturated rings. The van der Waals surface area contributed by atoms with E-state index in [2.05, 4.69) is 0 Å². The molecular weight excluding hydrogens is 217 g/mol. The van der Waals surface area contributed by atoms with E-state index in [9.17, 15) is 4.39 Å². The molecule has 0 aliphatic carbocycles. The molecule has 0 amide bonds. The fourth-order valence-electron chi connectivity index (χ4n) is 1.18. The van der Waals surface area contributed by atoms with E-state index in [4.69, 9.17) is 22.1 Å². The summed E-state index contributed by atoms with van der Waals surface area (Å²) in [5.74, 6) is 0.267. The van der Waals surface area contributed by atoms with Crippen molar-refractivity contribution in [3.05, 3.63) is 41.2 Å². The monoisotopic (exact) mass is 229 g/mol. The SMILES string of the molecule is C[C@@H](N)c1cc(F)ccc1OCC=CCl. The fourth-order valence-corrected chi connectivity index (χ4v) is 1.25. The smallest absolute Gasteiger partial charge is 0.124 e. The average Bonchev–Trinajstić information content (AvgIpc) is 2.20. The Labute approximate surface area is 93.5 Å². The number of nitrogens with two attached hydrogens (primary N) is 1. The standard InChI is InChI=1S/C11H13ClFNO/c1-8(14)10-7-9(13)3-4-11(10)15-6-2-5-12/h2-5,7-8H,6,14H2,1H3/t8-/m1/s1. The first-order chi connectivity index (χ1) is 7.15. The fraction of sp³-hybridized carbons (Fsp3) is 0.273. The molecule has 2 N–H and O–H groups in total. The van der Waals surface area contributed by atoms with Crippen LogP contribution in [0.5, 0.6) is 5.75 Å². The highest BCUT2D eigenvalue weighted by atomic mass is 35.5. The lowest BCUT2D eigenvalue weighted by Gasteiger charge is -2.12. The van der Waals surface area contributed by atoms with Gasteiger partial charge in [-0.3, -0.25) is 0 Å². The van der Waals surface area contributed by atoms with Crippen LogP contribution in [0.15, 0.2) is 29.8 Å². The van der Waals surface area contributed by atoms with Crippen molar-refractivity contribution in [2.24, 2.45) is 5.73 Å². The second-order valence-corrected chi connectivity index (χ2v) is 3.40. The zero-order valence-electron chi connectivity index (χ0n) is 8.41. The van der Waals surface area contributed by atoms with Gasteiger partial charge in [0, 0.05) is 17.1 Å². The summed E-state index contributed by atoms with van der Waals surface area (Å²) in [4.78, 5) is 0. The highest BCUT2D eigenvalue weighted by Gasteiger charge is 2.08. The zero-order chi connectivity index (χ0) is 11.3. The van der Waals surface area contributed by atoms with Crippen LogP contribution in [0.4, 0.5) is 4.39 Å². The zero-order valence-corrected chi connectivity index (χ0v) is 9.17. The minimum atomic E-state index is -0.317. The molecular formula is C11H13ClFNO. The van der Waals surface area contributed by atoms with Gasteiger partial charge >= 0.3 is 0 Å². The van der Waals surface area contributed by atoms with Gasteiger partial charge in [-0.15, -0.1) is 0 Å². The summed E-state index contributed by atoms with van der Waals surface area (Å²) in [6, 6.07) is 4.02. The molecule has 0 bridgehead atoms. The lowest BCUT2D eigenvalue weighted by Crippen LogP contribution is -2.08. The van der Waals surface area contributed by atoms with Gasteiger partial charge in [0.15, 0.2) is 0 Å². The lowest BCUT2D eigenvalue weighted by molar-refractivity contribution is 0.356. The van der Waals surface area contributed by atoms with Crippen LogP contribution in [-0.4, -0.2) is 6.61 Å². The number of hydrogen-bond donors (Lipinski definition) is 1. The van der Waals surface area contributed by atoms with E-state index >= 15 is 0 Å². The van der Waals surface area contributed by atoms with Crippen LogP contribution in [0, 0.1) is 5.82 Å². The van der Waals surface area contributed by atoms with Gasteiger partial charge in [0.25, 0.3) is 0 Å². The summed E-state index contributed by atoms with van der Waals surface area (Å²) in [6.07, 6.45) is 1.65. The summed E-state index contributed by atoms with van der Waals surface area (Å²) >= 11 is 5.35. The highest BCUT2D eigenvalue weighted by molar-refractivity contribution is 6.25. The third-order valence-corrected chi connectivity index (χ3v) is 2.06. The first-order valence-electron chi connectivity index (χ1n) is 4.58. The van der Waals surface area contributed by atoms with Crippen LogP contribution in [0.1, 0.15) is 18.5 Å². The minimum absolute atomic E-state index is 0.268. The van der Waals surface area contributed by atoms with E-state index in [0.29, 0.717) is 17.9 Å². The van der Waals surface area contributed by atoms with Crippen molar-refractivity contribution in [2.45, 2.75) is 13.0 Å². The molecule has 1 aromatic rings. The Morgan fingerprint density at radius 1 is 1.60 bits per heavy atom. The van der Waals surface area contributed by atoms with E-state index in [1.54, 1.807) is 19.1 Å². The Morgan fingerprint density at radius 2 is 2.33 bits per heavy atom. The summed E-state index contributed by atoms with van der Waals surface area (Å²) in [5.41, 5.74) is 7.72. The van der Waals surface area contributed by atoms with Gasteiger partial charge in [-0.1, -0.05) is 11.6 Å². The Morgan fingerprint density at radius 3 is 2.93 bits per heavy atom. The summed E-state index contributed by atoms with van der Waals surface area (Å²) in [6.45, 7) is 2.12. The van der Waals surface area contributed by atoms with Gasteiger partial charge in [0.05, 0.1) is 0 Å². The minimum Gasteiger partial charge on any atom is -0.489 e. The molecule has 1 atom stereocenters. The molecule has 0 aliphatic rings. The van der Waals surface area contributed by atoms with Crippen molar-refractivity contribution >= 4 is 11.6 Å². The van der Waals surface area contributed by atoms with Gasteiger partial charge in [0.1, 0.15) is 18.2 Å². The molecule has 1 aromatic carbocycles. The Kier molecular flexibility index (Phi) is 4.59. The molecule has 0 unspecified atom stereocenters. The molecule has 2 nitrogen and oxygen atoms in total. The number of halogens is 2. The maximum atomic E-state index is 12.9. The molecule has 0 saturated heterocycles. The Hall–Kier alpha value is -1.06. The number of rotatable bonds is 4. The third kappa shape index (κ3) is 3.53. The van der Waals surface area contributed by atoms with Crippen LogP contribution in [-0.2, 0) is 0 Å². The number of ether oxygens (including phenoxy) is 1. The van der Waals surface area contributed by atoms with E-state index < -0.39 is 0 Å². The van der Waals surface area contributed by atoms with E-state index in [-0.39, 0.29) is 11.9 Å². The molecule has 0 radical (unpaired) electrons. The second kappa shape index (κ2) is 5.73. The Balaban J connectivity index is 2.85. The maximum Gasteiger partial charge on any atom is 0.124 e. The molecule has 0 heterocycles. The molecule has 1 rings (SSSR count). The number of benzene rings is 1. The topological polar surface area (TPSA) is 35.2 Å².